The van der Waals surface area contributed by atoms with Crippen molar-refractivity contribution < 1.29 is 31.5 Å². The average molecular weight is 808 g/mol. The smallest absolute Gasteiger partial charge is 0.656 e. The second-order valence-electron chi connectivity index (χ2n) is 14.4. The fourth-order valence-corrected chi connectivity index (χ4v) is 6.88. The van der Waals surface area contributed by atoms with Crippen LogP contribution >= 0.6 is 0 Å². The van der Waals surface area contributed by atoms with Gasteiger partial charge in [0.25, 0.3) is 12.4 Å². The molecule has 47 heavy (non-hydrogen) atoms. The van der Waals surface area contributed by atoms with Crippen molar-refractivity contribution in [1.82, 2.24) is 4.98 Å². The Bertz CT molecular complexity index is 1840. The summed E-state index contributed by atoms with van der Waals surface area (Å²) < 4.78 is 4.40. The number of aryl methyl sites for hydroxylation is 4. The zero-order valence-electron chi connectivity index (χ0n) is 30.4. The zero-order valence-corrected chi connectivity index (χ0v) is 32.5. The molecule has 0 unspecified atom stereocenters. The Morgan fingerprint density at radius 3 is 1.13 bits per heavy atom. The third kappa shape index (κ3) is 7.35. The first-order valence-electron chi connectivity index (χ1n) is 17.0. The van der Waals surface area contributed by atoms with E-state index in [0.29, 0.717) is 23.7 Å². The molecule has 248 valence electrons. The van der Waals surface area contributed by atoms with Crippen molar-refractivity contribution in [3.63, 3.8) is 0 Å². The van der Waals surface area contributed by atoms with Crippen LogP contribution in [-0.2, 0) is 22.4 Å². The minimum Gasteiger partial charge on any atom is -0.656 e. The maximum atomic E-state index is 4.80. The second kappa shape index (κ2) is 14.8. The topological polar surface area (TPSA) is 20.1 Å². The van der Waals surface area contributed by atoms with Crippen LogP contribution in [0.25, 0.3) is 21.8 Å². The van der Waals surface area contributed by atoms with Gasteiger partial charge in [0.1, 0.15) is 0 Å². The SMILES string of the molecule is CC(C)c1cccc(C(C)C)c1[N+]1=C=[N+](c2c(C(C)C)cccc2C(C)C)C=C1.Cc1cc(C)c2[n-]c3c(C)cc(C)cc3c2c1.[Au+]. The van der Waals surface area contributed by atoms with Crippen molar-refractivity contribution in [3.05, 3.63) is 118 Å². The molecule has 3 nitrogen and oxygen atoms in total. The number of fused-ring (bicyclic) bond motifs is 3. The average Bonchev–Trinajstić information content (AvgIpc) is 3.62. The largest absolute Gasteiger partial charge is 1.00 e. The third-order valence-electron chi connectivity index (χ3n) is 9.15. The predicted molar refractivity (Wildman–Crippen MR) is 197 cm³/mol. The molecule has 4 heteroatoms. The molecule has 4 aromatic carbocycles. The fourth-order valence-electron chi connectivity index (χ4n) is 6.88. The molecule has 0 atom stereocenters. The van der Waals surface area contributed by atoms with Crippen LogP contribution in [-0.4, -0.2) is 15.2 Å². The van der Waals surface area contributed by atoms with E-state index in [4.69, 9.17) is 4.98 Å². The van der Waals surface area contributed by atoms with E-state index < -0.39 is 0 Å². The zero-order chi connectivity index (χ0) is 33.4. The molecule has 0 saturated carbocycles. The Balaban J connectivity index is 0.000000236. The molecule has 5 aromatic rings. The van der Waals surface area contributed by atoms with Crippen molar-refractivity contribution in [2.45, 2.75) is 107 Å². The van der Waals surface area contributed by atoms with Gasteiger partial charge in [0.15, 0.2) is 0 Å². The number of hydrogen-bond donors (Lipinski definition) is 0. The molecule has 0 saturated heterocycles. The Kier molecular flexibility index (Phi) is 11.4. The van der Waals surface area contributed by atoms with Crippen molar-refractivity contribution in [2.75, 3.05) is 0 Å². The van der Waals surface area contributed by atoms with Crippen molar-refractivity contribution in [1.29, 1.82) is 0 Å². The molecule has 0 amide bonds. The van der Waals surface area contributed by atoms with Gasteiger partial charge in [-0.25, -0.2) is 0 Å². The van der Waals surface area contributed by atoms with Gasteiger partial charge in [0.2, 0.25) is 11.4 Å². The second-order valence-corrected chi connectivity index (χ2v) is 14.4. The van der Waals surface area contributed by atoms with Crippen LogP contribution in [0.5, 0.6) is 0 Å². The molecular formula is C43H52AuN3+2. The Labute approximate surface area is 298 Å². The van der Waals surface area contributed by atoms with Crippen molar-refractivity contribution >= 4 is 39.2 Å². The summed E-state index contributed by atoms with van der Waals surface area (Å²) in [6.45, 7) is 26.7. The molecule has 1 aliphatic rings. The molecule has 6 rings (SSSR count). The Hall–Kier alpha value is -3.46. The van der Waals surface area contributed by atoms with E-state index in [0.717, 1.165) is 11.0 Å². The molecule has 1 aliphatic heterocycles. The van der Waals surface area contributed by atoms with Gasteiger partial charge in [-0.3, -0.25) is 0 Å². The van der Waals surface area contributed by atoms with Crippen molar-refractivity contribution in [3.8, 4) is 0 Å². The van der Waals surface area contributed by atoms with Crippen LogP contribution in [0.4, 0.5) is 11.4 Å². The summed E-state index contributed by atoms with van der Waals surface area (Å²) in [6, 6.07) is 26.0. The van der Waals surface area contributed by atoms with Gasteiger partial charge in [-0.2, -0.15) is 0 Å². The van der Waals surface area contributed by atoms with Gasteiger partial charge in [-0.15, -0.1) is 11.0 Å². The summed E-state index contributed by atoms with van der Waals surface area (Å²) >= 11 is 0. The van der Waals surface area contributed by atoms with Gasteiger partial charge in [-0.1, -0.05) is 147 Å². The number of nitrogens with zero attached hydrogens (tertiary/aromatic N) is 3. The summed E-state index contributed by atoms with van der Waals surface area (Å²) in [5.74, 6) is 1.84. The van der Waals surface area contributed by atoms with Crippen LogP contribution in [0.15, 0.2) is 73.1 Å². The number of para-hydroxylation sites is 2. The predicted octanol–water partition coefficient (Wildman–Crippen LogP) is 12.0. The molecular weight excluding hydrogens is 755 g/mol. The van der Waals surface area contributed by atoms with Crippen LogP contribution in [0.1, 0.15) is 124 Å². The molecule has 1 aromatic heterocycles. The normalized spacial score (nSPS) is 12.7. The van der Waals surface area contributed by atoms with E-state index >= 15 is 0 Å². The van der Waals surface area contributed by atoms with Gasteiger partial charge < -0.3 is 4.98 Å². The van der Waals surface area contributed by atoms with E-state index in [2.05, 4.69) is 171 Å². The summed E-state index contributed by atoms with van der Waals surface area (Å²) in [4.78, 5) is 4.80. The molecule has 0 spiro atoms. The van der Waals surface area contributed by atoms with Crippen LogP contribution in [0, 0.1) is 27.7 Å². The third-order valence-corrected chi connectivity index (χ3v) is 9.15. The van der Waals surface area contributed by atoms with Crippen LogP contribution < -0.4 is 4.98 Å². The number of rotatable bonds is 6. The van der Waals surface area contributed by atoms with Gasteiger partial charge in [-0.05, 0) is 62.1 Å². The van der Waals surface area contributed by atoms with E-state index in [9.17, 15) is 0 Å². The first-order valence-corrected chi connectivity index (χ1v) is 17.0. The summed E-state index contributed by atoms with van der Waals surface area (Å²) in [6.07, 6.45) is 4.32. The summed E-state index contributed by atoms with van der Waals surface area (Å²) in [5.41, 5.74) is 15.5. The van der Waals surface area contributed by atoms with E-state index in [1.807, 2.05) is 0 Å². The van der Waals surface area contributed by atoms with Gasteiger partial charge >= 0.3 is 28.4 Å². The Morgan fingerprint density at radius 2 is 0.830 bits per heavy atom. The minimum atomic E-state index is 0. The Morgan fingerprint density at radius 1 is 0.511 bits per heavy atom. The van der Waals surface area contributed by atoms with E-state index in [1.165, 1.54) is 66.7 Å². The standard InChI is InChI=1S/C27H36N2.C16H16N.Au/c1-18(2)22-11-9-12-23(19(3)4)26(22)28-15-16-29(17-28)27-24(20(5)6)13-10-14-25(27)21(7)8;1-9-5-11(3)15-13(7-9)14-8-10(2)6-12(4)16(14)17-15;/h9-16,18-21H,1-8H3;5-8H,1-4H3;/q+2;-1;+1. The monoisotopic (exact) mass is 807 g/mol. The van der Waals surface area contributed by atoms with Gasteiger partial charge in [0.05, 0.1) is 0 Å². The molecule has 0 fully saturated rings. The molecule has 0 radical (unpaired) electrons. The van der Waals surface area contributed by atoms with Crippen LogP contribution in [0.2, 0.25) is 0 Å². The molecule has 2 heterocycles. The maximum Gasteiger partial charge on any atom is 1.00 e. The van der Waals surface area contributed by atoms with Crippen molar-refractivity contribution in [2.24, 2.45) is 0 Å². The molecule has 0 N–H and O–H groups in total. The molecule has 0 aliphatic carbocycles. The van der Waals surface area contributed by atoms with E-state index in [1.54, 1.807) is 0 Å². The summed E-state index contributed by atoms with van der Waals surface area (Å²) in [5, 5.41) is 2.59. The first-order chi connectivity index (χ1) is 21.8. The maximum absolute atomic E-state index is 4.80. The number of hydrogen-bond acceptors (Lipinski definition) is 0. The quantitative estimate of drug-likeness (QED) is 0.124. The van der Waals surface area contributed by atoms with Crippen LogP contribution in [0.3, 0.4) is 0 Å². The molecule has 0 bridgehead atoms. The summed E-state index contributed by atoms with van der Waals surface area (Å²) in [7, 11) is 0. The number of benzene rings is 4. The first kappa shape index (κ1) is 36.4. The number of aromatic nitrogens is 1. The van der Waals surface area contributed by atoms with E-state index in [-0.39, 0.29) is 22.4 Å². The van der Waals surface area contributed by atoms with Gasteiger partial charge in [0, 0.05) is 22.3 Å². The minimum absolute atomic E-state index is 0. The fraction of sp³-hybridized carbons (Fsp3) is 0.372.